The quantitative estimate of drug-likeness (QED) is 0.900. The SMILES string of the molecule is CCCNC(C)(c1ccc2c(c1)OCCCO2)C(F)F. The summed E-state index contributed by atoms with van der Waals surface area (Å²) in [7, 11) is 0. The maximum Gasteiger partial charge on any atom is 0.260 e. The highest BCUT2D eigenvalue weighted by molar-refractivity contribution is 5.45. The molecule has 1 atom stereocenters. The van der Waals surface area contributed by atoms with Crippen LogP contribution in [0, 0.1) is 0 Å². The summed E-state index contributed by atoms with van der Waals surface area (Å²) in [5.41, 5.74) is -0.856. The van der Waals surface area contributed by atoms with E-state index in [1.54, 1.807) is 18.2 Å². The van der Waals surface area contributed by atoms with Crippen LogP contribution in [0.2, 0.25) is 0 Å². The molecule has 1 heterocycles. The molecule has 1 N–H and O–H groups in total. The van der Waals surface area contributed by atoms with Crippen molar-refractivity contribution in [1.82, 2.24) is 5.32 Å². The van der Waals surface area contributed by atoms with Crippen molar-refractivity contribution < 1.29 is 18.3 Å². The normalized spacial score (nSPS) is 17.6. The fourth-order valence-electron chi connectivity index (χ4n) is 2.18. The first kappa shape index (κ1) is 15.0. The average Bonchev–Trinajstić information content (AvgIpc) is 2.68. The van der Waals surface area contributed by atoms with Crippen LogP contribution < -0.4 is 14.8 Å². The third-order valence-corrected chi connectivity index (χ3v) is 3.53. The van der Waals surface area contributed by atoms with Crippen LogP contribution in [0.3, 0.4) is 0 Å². The molecule has 1 unspecified atom stereocenters. The third kappa shape index (κ3) is 3.03. The predicted octanol–water partition coefficient (Wildman–Crippen LogP) is 3.33. The van der Waals surface area contributed by atoms with Crippen LogP contribution in [-0.2, 0) is 5.54 Å². The smallest absolute Gasteiger partial charge is 0.260 e. The highest BCUT2D eigenvalue weighted by Crippen LogP contribution is 2.36. The molecule has 0 amide bonds. The molecule has 0 bridgehead atoms. The number of rotatable bonds is 5. The average molecular weight is 285 g/mol. The molecule has 0 radical (unpaired) electrons. The molecule has 5 heteroatoms. The number of benzene rings is 1. The molecule has 1 aromatic rings. The van der Waals surface area contributed by atoms with Gasteiger partial charge in [0.2, 0.25) is 0 Å². The van der Waals surface area contributed by atoms with Gasteiger partial charge >= 0.3 is 0 Å². The van der Waals surface area contributed by atoms with Gasteiger partial charge in [0.25, 0.3) is 6.43 Å². The monoisotopic (exact) mass is 285 g/mol. The van der Waals surface area contributed by atoms with Crippen molar-refractivity contribution in [3.05, 3.63) is 23.8 Å². The third-order valence-electron chi connectivity index (χ3n) is 3.53. The maximum atomic E-state index is 13.5. The molecule has 0 aliphatic carbocycles. The Hall–Kier alpha value is -1.36. The lowest BCUT2D eigenvalue weighted by atomic mass is 9.92. The first-order valence-corrected chi connectivity index (χ1v) is 7.01. The van der Waals surface area contributed by atoms with Crippen molar-refractivity contribution in [3.8, 4) is 11.5 Å². The zero-order valence-electron chi connectivity index (χ0n) is 11.9. The summed E-state index contributed by atoms with van der Waals surface area (Å²) in [4.78, 5) is 0. The van der Waals surface area contributed by atoms with Gasteiger partial charge < -0.3 is 14.8 Å². The van der Waals surface area contributed by atoms with Gasteiger partial charge in [0, 0.05) is 6.42 Å². The number of alkyl halides is 2. The second-order valence-corrected chi connectivity index (χ2v) is 5.14. The number of hydrogen-bond acceptors (Lipinski definition) is 3. The van der Waals surface area contributed by atoms with Crippen LogP contribution in [0.15, 0.2) is 18.2 Å². The van der Waals surface area contributed by atoms with E-state index in [1.165, 1.54) is 6.92 Å². The number of nitrogens with one attached hydrogen (secondary N) is 1. The predicted molar refractivity (Wildman–Crippen MR) is 73.7 cm³/mol. The summed E-state index contributed by atoms with van der Waals surface area (Å²) in [6.07, 6.45) is -0.907. The Labute approximate surface area is 118 Å². The highest BCUT2D eigenvalue weighted by Gasteiger charge is 2.36. The van der Waals surface area contributed by atoms with Crippen LogP contribution in [0.25, 0.3) is 0 Å². The minimum absolute atomic E-state index is 0.519. The van der Waals surface area contributed by atoms with E-state index < -0.39 is 12.0 Å². The van der Waals surface area contributed by atoms with E-state index in [4.69, 9.17) is 9.47 Å². The zero-order chi connectivity index (χ0) is 14.6. The molecule has 1 aliphatic heterocycles. The summed E-state index contributed by atoms with van der Waals surface area (Å²) >= 11 is 0. The van der Waals surface area contributed by atoms with Gasteiger partial charge in [-0.05, 0) is 37.6 Å². The first-order chi connectivity index (χ1) is 9.58. The van der Waals surface area contributed by atoms with Crippen molar-refractivity contribution in [1.29, 1.82) is 0 Å². The van der Waals surface area contributed by atoms with Crippen LogP contribution in [0.1, 0.15) is 32.3 Å². The van der Waals surface area contributed by atoms with E-state index in [2.05, 4.69) is 5.32 Å². The lowest BCUT2D eigenvalue weighted by Gasteiger charge is -2.31. The zero-order valence-corrected chi connectivity index (χ0v) is 11.9. The highest BCUT2D eigenvalue weighted by atomic mass is 19.3. The summed E-state index contributed by atoms with van der Waals surface area (Å²) < 4.78 is 38.0. The van der Waals surface area contributed by atoms with Crippen molar-refractivity contribution in [2.75, 3.05) is 19.8 Å². The molecule has 0 aromatic heterocycles. The largest absolute Gasteiger partial charge is 0.490 e. The molecule has 0 fully saturated rings. The van der Waals surface area contributed by atoms with Crippen molar-refractivity contribution in [2.24, 2.45) is 0 Å². The Morgan fingerprint density at radius 3 is 2.60 bits per heavy atom. The van der Waals surface area contributed by atoms with Crippen molar-refractivity contribution >= 4 is 0 Å². The van der Waals surface area contributed by atoms with Gasteiger partial charge in [-0.2, -0.15) is 0 Å². The van der Waals surface area contributed by atoms with E-state index in [0.29, 0.717) is 36.8 Å². The molecule has 1 aliphatic rings. The molecule has 0 spiro atoms. The minimum Gasteiger partial charge on any atom is -0.490 e. The molecule has 112 valence electrons. The molecule has 20 heavy (non-hydrogen) atoms. The first-order valence-electron chi connectivity index (χ1n) is 7.01. The van der Waals surface area contributed by atoms with Crippen LogP contribution in [0.5, 0.6) is 11.5 Å². The van der Waals surface area contributed by atoms with Gasteiger partial charge in [-0.25, -0.2) is 8.78 Å². The molecule has 3 nitrogen and oxygen atoms in total. The number of fused-ring (bicyclic) bond motifs is 1. The van der Waals surface area contributed by atoms with Crippen LogP contribution in [-0.4, -0.2) is 26.2 Å². The van der Waals surface area contributed by atoms with Crippen molar-refractivity contribution in [3.63, 3.8) is 0 Å². The molecular weight excluding hydrogens is 264 g/mol. The van der Waals surface area contributed by atoms with Crippen LogP contribution in [0.4, 0.5) is 8.78 Å². The van der Waals surface area contributed by atoms with Gasteiger partial charge in [-0.1, -0.05) is 13.0 Å². The van der Waals surface area contributed by atoms with Gasteiger partial charge in [-0.3, -0.25) is 0 Å². The topological polar surface area (TPSA) is 30.5 Å². The molecular formula is C15H21F2NO2. The molecule has 0 saturated heterocycles. The second kappa shape index (κ2) is 6.39. The Kier molecular flexibility index (Phi) is 4.81. The van der Waals surface area contributed by atoms with Gasteiger partial charge in [0.15, 0.2) is 11.5 Å². The molecule has 1 aromatic carbocycles. The van der Waals surface area contributed by atoms with E-state index in [9.17, 15) is 8.78 Å². The number of hydrogen-bond donors (Lipinski definition) is 1. The summed E-state index contributed by atoms with van der Waals surface area (Å²) in [6.45, 7) is 5.14. The Morgan fingerprint density at radius 1 is 1.25 bits per heavy atom. The summed E-state index contributed by atoms with van der Waals surface area (Å²) in [6, 6.07) is 5.06. The number of ether oxygens (including phenoxy) is 2. The van der Waals surface area contributed by atoms with Gasteiger partial charge in [-0.15, -0.1) is 0 Å². The number of halogens is 2. The fraction of sp³-hybridized carbons (Fsp3) is 0.600. The Bertz CT molecular complexity index is 453. The lowest BCUT2D eigenvalue weighted by Crippen LogP contribution is -2.46. The molecule has 2 rings (SSSR count). The van der Waals surface area contributed by atoms with E-state index in [0.717, 1.165) is 12.8 Å². The Morgan fingerprint density at radius 2 is 1.95 bits per heavy atom. The van der Waals surface area contributed by atoms with E-state index >= 15 is 0 Å². The standard InChI is InChI=1S/C15H21F2NO2/c1-3-7-18-15(2,14(16)17)11-5-6-12-13(10-11)20-9-4-8-19-12/h5-6,10,14,18H,3-4,7-9H2,1-2H3. The maximum absolute atomic E-state index is 13.5. The Balaban J connectivity index is 2.32. The second-order valence-electron chi connectivity index (χ2n) is 5.14. The minimum atomic E-state index is -2.50. The molecule has 0 saturated carbocycles. The van der Waals surface area contributed by atoms with E-state index in [1.807, 2.05) is 6.92 Å². The fourth-order valence-corrected chi connectivity index (χ4v) is 2.18. The van der Waals surface area contributed by atoms with Crippen molar-refractivity contribution in [2.45, 2.75) is 38.7 Å². The van der Waals surface area contributed by atoms with Crippen LogP contribution >= 0.6 is 0 Å². The summed E-state index contributed by atoms with van der Waals surface area (Å²) in [5, 5.41) is 2.94. The van der Waals surface area contributed by atoms with E-state index in [-0.39, 0.29) is 0 Å². The lowest BCUT2D eigenvalue weighted by molar-refractivity contribution is 0.0383. The van der Waals surface area contributed by atoms with Gasteiger partial charge in [0.1, 0.15) is 5.54 Å². The summed E-state index contributed by atoms with van der Waals surface area (Å²) in [5.74, 6) is 1.17. The van der Waals surface area contributed by atoms with Gasteiger partial charge in [0.05, 0.1) is 13.2 Å².